The van der Waals surface area contributed by atoms with Gasteiger partial charge in [0.15, 0.2) is 0 Å². The molecule has 0 aliphatic heterocycles. The van der Waals surface area contributed by atoms with Crippen molar-refractivity contribution in [3.63, 3.8) is 0 Å². The van der Waals surface area contributed by atoms with Crippen molar-refractivity contribution in [2.75, 3.05) is 0 Å². The molecule has 0 saturated heterocycles. The van der Waals surface area contributed by atoms with E-state index in [2.05, 4.69) is 19.1 Å². The van der Waals surface area contributed by atoms with E-state index in [9.17, 15) is 4.79 Å². The van der Waals surface area contributed by atoms with Gasteiger partial charge in [0.25, 0.3) is 0 Å². The van der Waals surface area contributed by atoms with Gasteiger partial charge in [-0.15, -0.1) is 0 Å². The van der Waals surface area contributed by atoms with Crippen molar-refractivity contribution in [2.24, 2.45) is 0 Å². The molecular weight excluding hydrogens is 136 g/mol. The standard InChI is InChI=1S/C10H18O/c1-3-4-5-6-7-8-9-10(2)11/h6-7H,3-5,8-9H2,1-2H3. The van der Waals surface area contributed by atoms with Gasteiger partial charge >= 0.3 is 0 Å². The Morgan fingerprint density at radius 2 is 1.91 bits per heavy atom. The number of ketones is 1. The third-order valence-corrected chi connectivity index (χ3v) is 1.55. The highest BCUT2D eigenvalue weighted by atomic mass is 16.1. The van der Waals surface area contributed by atoms with Crippen LogP contribution in [-0.4, -0.2) is 5.78 Å². The molecule has 0 saturated carbocycles. The Labute approximate surface area is 69.5 Å². The number of rotatable bonds is 6. The number of hydrogen-bond donors (Lipinski definition) is 0. The predicted molar refractivity (Wildman–Crippen MR) is 48.6 cm³/mol. The van der Waals surface area contributed by atoms with Crippen LogP contribution < -0.4 is 0 Å². The second kappa shape index (κ2) is 7.52. The molecule has 0 radical (unpaired) electrons. The monoisotopic (exact) mass is 154 g/mol. The highest BCUT2D eigenvalue weighted by molar-refractivity contribution is 5.75. The zero-order valence-electron chi connectivity index (χ0n) is 7.60. The zero-order valence-corrected chi connectivity index (χ0v) is 7.60. The van der Waals surface area contributed by atoms with Crippen molar-refractivity contribution < 1.29 is 4.79 Å². The van der Waals surface area contributed by atoms with Crippen molar-refractivity contribution >= 4 is 5.78 Å². The molecule has 0 spiro atoms. The summed E-state index contributed by atoms with van der Waals surface area (Å²) in [5.41, 5.74) is 0. The number of carbonyl (C=O) groups excluding carboxylic acids is 1. The van der Waals surface area contributed by atoms with Crippen LogP contribution in [0, 0.1) is 0 Å². The number of allylic oxidation sites excluding steroid dienone is 2. The quantitative estimate of drug-likeness (QED) is 0.424. The van der Waals surface area contributed by atoms with Gasteiger partial charge in [0.05, 0.1) is 0 Å². The van der Waals surface area contributed by atoms with E-state index in [1.807, 2.05) is 0 Å². The Morgan fingerprint density at radius 3 is 2.45 bits per heavy atom. The fraction of sp³-hybridized carbons (Fsp3) is 0.700. The first kappa shape index (κ1) is 10.4. The molecule has 0 aromatic rings. The van der Waals surface area contributed by atoms with Gasteiger partial charge in [0.1, 0.15) is 5.78 Å². The maximum atomic E-state index is 10.5. The maximum absolute atomic E-state index is 10.5. The van der Waals surface area contributed by atoms with Crippen LogP contribution in [0.3, 0.4) is 0 Å². The van der Waals surface area contributed by atoms with E-state index in [0.717, 1.165) is 12.8 Å². The van der Waals surface area contributed by atoms with Crippen LogP contribution in [0.4, 0.5) is 0 Å². The summed E-state index contributed by atoms with van der Waals surface area (Å²) in [6, 6.07) is 0. The molecule has 64 valence electrons. The van der Waals surface area contributed by atoms with Gasteiger partial charge in [0, 0.05) is 6.42 Å². The highest BCUT2D eigenvalue weighted by Crippen LogP contribution is 1.98. The first-order chi connectivity index (χ1) is 5.27. The normalized spacial score (nSPS) is 10.7. The third kappa shape index (κ3) is 9.41. The molecule has 1 heteroatoms. The molecule has 0 aromatic heterocycles. The smallest absolute Gasteiger partial charge is 0.130 e. The topological polar surface area (TPSA) is 17.1 Å². The average Bonchev–Trinajstić information content (AvgIpc) is 1.96. The lowest BCUT2D eigenvalue weighted by Crippen LogP contribution is -1.86. The molecule has 0 aromatic carbocycles. The lowest BCUT2D eigenvalue weighted by Gasteiger charge is -1.89. The van der Waals surface area contributed by atoms with Gasteiger partial charge in [0.2, 0.25) is 0 Å². The summed E-state index contributed by atoms with van der Waals surface area (Å²) in [5, 5.41) is 0. The molecular formula is C10H18O. The second-order valence-corrected chi connectivity index (χ2v) is 2.85. The average molecular weight is 154 g/mol. The SMILES string of the molecule is CCCCC=CCCC(C)=O. The number of carbonyl (C=O) groups is 1. The van der Waals surface area contributed by atoms with E-state index < -0.39 is 0 Å². The van der Waals surface area contributed by atoms with Crippen molar-refractivity contribution in [2.45, 2.75) is 46.0 Å². The van der Waals surface area contributed by atoms with Gasteiger partial charge < -0.3 is 4.79 Å². The van der Waals surface area contributed by atoms with E-state index in [1.54, 1.807) is 6.92 Å². The fourth-order valence-electron chi connectivity index (χ4n) is 0.844. The minimum atomic E-state index is 0.283. The van der Waals surface area contributed by atoms with Crippen LogP contribution in [0.2, 0.25) is 0 Å². The minimum Gasteiger partial charge on any atom is -0.300 e. The number of Topliss-reactive ketones (excluding diaryl/α,β-unsaturated/α-hetero) is 1. The molecule has 0 amide bonds. The molecule has 0 aliphatic carbocycles. The molecule has 0 fully saturated rings. The molecule has 0 N–H and O–H groups in total. The maximum Gasteiger partial charge on any atom is 0.130 e. The summed E-state index contributed by atoms with van der Waals surface area (Å²) < 4.78 is 0. The van der Waals surface area contributed by atoms with Crippen LogP contribution in [0.25, 0.3) is 0 Å². The van der Waals surface area contributed by atoms with Gasteiger partial charge in [-0.05, 0) is 19.8 Å². The van der Waals surface area contributed by atoms with Gasteiger partial charge in [-0.1, -0.05) is 31.9 Å². The lowest BCUT2D eigenvalue weighted by molar-refractivity contribution is -0.116. The summed E-state index contributed by atoms with van der Waals surface area (Å²) in [7, 11) is 0. The third-order valence-electron chi connectivity index (χ3n) is 1.55. The first-order valence-electron chi connectivity index (χ1n) is 4.41. The molecule has 0 unspecified atom stereocenters. The summed E-state index contributed by atoms with van der Waals surface area (Å²) in [6.07, 6.45) is 9.56. The van der Waals surface area contributed by atoms with E-state index in [4.69, 9.17) is 0 Å². The van der Waals surface area contributed by atoms with E-state index in [0.29, 0.717) is 6.42 Å². The van der Waals surface area contributed by atoms with Crippen molar-refractivity contribution in [3.8, 4) is 0 Å². The molecule has 0 heterocycles. The van der Waals surface area contributed by atoms with E-state index in [-0.39, 0.29) is 5.78 Å². The van der Waals surface area contributed by atoms with Gasteiger partial charge in [-0.3, -0.25) is 0 Å². The predicted octanol–water partition coefficient (Wildman–Crippen LogP) is 3.10. The van der Waals surface area contributed by atoms with Crippen molar-refractivity contribution in [1.82, 2.24) is 0 Å². The Bertz CT molecular complexity index is 125. The number of unbranched alkanes of at least 4 members (excludes halogenated alkanes) is 2. The largest absolute Gasteiger partial charge is 0.300 e. The van der Waals surface area contributed by atoms with Crippen LogP contribution in [0.5, 0.6) is 0 Å². The first-order valence-corrected chi connectivity index (χ1v) is 4.41. The summed E-state index contributed by atoms with van der Waals surface area (Å²) in [6.45, 7) is 3.82. The molecule has 11 heavy (non-hydrogen) atoms. The summed E-state index contributed by atoms with van der Waals surface area (Å²) in [5.74, 6) is 0.283. The molecule has 1 nitrogen and oxygen atoms in total. The molecule has 0 rings (SSSR count). The lowest BCUT2D eigenvalue weighted by atomic mass is 10.2. The molecule has 0 bridgehead atoms. The van der Waals surface area contributed by atoms with Gasteiger partial charge in [-0.2, -0.15) is 0 Å². The van der Waals surface area contributed by atoms with E-state index in [1.165, 1.54) is 12.8 Å². The minimum absolute atomic E-state index is 0.283. The Kier molecular flexibility index (Phi) is 7.11. The van der Waals surface area contributed by atoms with E-state index >= 15 is 0 Å². The highest BCUT2D eigenvalue weighted by Gasteiger charge is 1.87. The van der Waals surface area contributed by atoms with Crippen molar-refractivity contribution in [3.05, 3.63) is 12.2 Å². The fourth-order valence-corrected chi connectivity index (χ4v) is 0.844. The zero-order chi connectivity index (χ0) is 8.53. The van der Waals surface area contributed by atoms with Crippen LogP contribution >= 0.6 is 0 Å². The number of hydrogen-bond acceptors (Lipinski definition) is 1. The molecule has 0 atom stereocenters. The van der Waals surface area contributed by atoms with Crippen LogP contribution in [0.1, 0.15) is 46.0 Å². The van der Waals surface area contributed by atoms with Crippen molar-refractivity contribution in [1.29, 1.82) is 0 Å². The van der Waals surface area contributed by atoms with Crippen LogP contribution in [-0.2, 0) is 4.79 Å². The summed E-state index contributed by atoms with van der Waals surface area (Å²) >= 11 is 0. The Hall–Kier alpha value is -0.590. The second-order valence-electron chi connectivity index (χ2n) is 2.85. The summed E-state index contributed by atoms with van der Waals surface area (Å²) in [4.78, 5) is 10.5. The molecule has 0 aliphatic rings. The Balaban J connectivity index is 3.10. The van der Waals surface area contributed by atoms with Crippen LogP contribution in [0.15, 0.2) is 12.2 Å². The Morgan fingerprint density at radius 1 is 1.27 bits per heavy atom. The van der Waals surface area contributed by atoms with Gasteiger partial charge in [-0.25, -0.2) is 0 Å².